The summed E-state index contributed by atoms with van der Waals surface area (Å²) >= 11 is 7.11. The van der Waals surface area contributed by atoms with Crippen LogP contribution < -0.4 is 0 Å². The normalized spacial score (nSPS) is 16.6. The van der Waals surface area contributed by atoms with Gasteiger partial charge in [0.1, 0.15) is 9.46 Å². The number of halogens is 4. The number of aromatic nitrogens is 2. The van der Waals surface area contributed by atoms with Crippen molar-refractivity contribution in [2.24, 2.45) is 0 Å². The number of sulfone groups is 1. The van der Waals surface area contributed by atoms with Crippen LogP contribution in [0.2, 0.25) is 5.02 Å². The molecule has 1 saturated heterocycles. The molecule has 0 bridgehead atoms. The minimum Gasteiger partial charge on any atom is -0.347 e. The van der Waals surface area contributed by atoms with Crippen LogP contribution in [0.15, 0.2) is 41.0 Å². The number of alkyl halides is 3. The zero-order chi connectivity index (χ0) is 25.4. The molecule has 1 atom stereocenters. The minimum atomic E-state index is -5.22. The lowest BCUT2D eigenvalue weighted by Gasteiger charge is -2.33. The largest absolute Gasteiger partial charge is 0.493 e. The van der Waals surface area contributed by atoms with E-state index in [0.29, 0.717) is 15.8 Å². The van der Waals surface area contributed by atoms with E-state index in [1.54, 1.807) is 29.2 Å². The van der Waals surface area contributed by atoms with Crippen LogP contribution in [0.5, 0.6) is 0 Å². The highest BCUT2D eigenvalue weighted by Gasteiger charge is 2.44. The summed E-state index contributed by atoms with van der Waals surface area (Å²) in [6, 6.07) is 6.66. The lowest BCUT2D eigenvalue weighted by Crippen LogP contribution is -2.52. The first kappa shape index (κ1) is 25.4. The van der Waals surface area contributed by atoms with Crippen LogP contribution >= 0.6 is 22.9 Å². The van der Waals surface area contributed by atoms with Gasteiger partial charge in [0.25, 0.3) is 5.91 Å². The predicted octanol–water partition coefficient (Wildman–Crippen LogP) is 3.35. The number of carbonyl (C=O) groups excluding carboxylic acids is 2. The highest BCUT2D eigenvalue weighted by atomic mass is 35.5. The van der Waals surface area contributed by atoms with Crippen LogP contribution in [0, 0.1) is 0 Å². The highest BCUT2D eigenvalue weighted by molar-refractivity contribution is 7.93. The summed E-state index contributed by atoms with van der Waals surface area (Å²) < 4.78 is 65.2. The van der Waals surface area contributed by atoms with E-state index in [1.807, 2.05) is 0 Å². The molecule has 2 aromatic heterocycles. The van der Waals surface area contributed by atoms with Crippen LogP contribution in [0.4, 0.5) is 13.2 Å². The van der Waals surface area contributed by atoms with Crippen LogP contribution in [0.1, 0.15) is 17.4 Å². The molecule has 0 saturated carbocycles. The molecule has 3 heterocycles. The Bertz CT molecular complexity index is 1340. The Morgan fingerprint density at radius 3 is 2.71 bits per heavy atom. The second-order valence-electron chi connectivity index (χ2n) is 7.73. The van der Waals surface area contributed by atoms with E-state index >= 15 is 0 Å². The smallest absolute Gasteiger partial charge is 0.347 e. The Balaban J connectivity index is 1.47. The maximum atomic E-state index is 13.6. The monoisotopic (exact) mass is 550 g/mol. The van der Waals surface area contributed by atoms with Gasteiger partial charge in [0.15, 0.2) is 9.84 Å². The van der Waals surface area contributed by atoms with Crippen molar-refractivity contribution >= 4 is 54.7 Å². The van der Waals surface area contributed by atoms with Crippen molar-refractivity contribution in [3.63, 3.8) is 0 Å². The molecule has 1 amide bonds. The van der Waals surface area contributed by atoms with E-state index in [2.05, 4.69) is 14.8 Å². The van der Waals surface area contributed by atoms with Gasteiger partial charge in [0.05, 0.1) is 25.1 Å². The predicted molar refractivity (Wildman–Crippen MR) is 120 cm³/mol. The molecule has 1 aliphatic heterocycles. The number of nitrogens with zero attached hydrogens (tertiary/aromatic N) is 3. The average Bonchev–Trinajstić information content (AvgIpc) is 3.45. The van der Waals surface area contributed by atoms with Gasteiger partial charge in [-0.2, -0.15) is 18.2 Å². The number of H-pyrrole nitrogens is 1. The van der Waals surface area contributed by atoms with E-state index in [1.165, 1.54) is 12.5 Å². The number of hydrogen-bond donors (Lipinski definition) is 1. The number of aromatic amines is 1. The van der Waals surface area contributed by atoms with E-state index in [-0.39, 0.29) is 36.8 Å². The highest BCUT2D eigenvalue weighted by Crippen LogP contribution is 2.38. The van der Waals surface area contributed by atoms with Gasteiger partial charge in [-0.15, -0.1) is 11.3 Å². The molecule has 4 rings (SSSR count). The summed E-state index contributed by atoms with van der Waals surface area (Å²) in [7, 11) is -3.87. The van der Waals surface area contributed by atoms with E-state index in [4.69, 9.17) is 11.6 Å². The minimum absolute atomic E-state index is 0.0785. The van der Waals surface area contributed by atoms with Gasteiger partial charge in [0.2, 0.25) is 0 Å². The van der Waals surface area contributed by atoms with Gasteiger partial charge in [-0.1, -0.05) is 17.7 Å². The third-order valence-corrected chi connectivity index (χ3v) is 9.36. The summed E-state index contributed by atoms with van der Waals surface area (Å²) in [6.07, 6.45) is -2.37. The first-order valence-corrected chi connectivity index (χ1v) is 12.9. The lowest BCUT2D eigenvalue weighted by molar-refractivity contribution is -0.240. The second-order valence-corrected chi connectivity index (χ2v) is 11.6. The topological polar surface area (TPSA) is 113 Å². The van der Waals surface area contributed by atoms with Gasteiger partial charge in [-0.25, -0.2) is 18.2 Å². The number of rotatable bonds is 7. The van der Waals surface area contributed by atoms with Crippen LogP contribution in [0.25, 0.3) is 10.1 Å². The molecule has 35 heavy (non-hydrogen) atoms. The van der Waals surface area contributed by atoms with Crippen molar-refractivity contribution in [1.29, 1.82) is 0 Å². The van der Waals surface area contributed by atoms with Crippen molar-refractivity contribution in [2.45, 2.75) is 22.1 Å². The standard InChI is InChI=1S/C20H18ClF3N4O5S2/c21-13-2-1-12-7-18(34-15(12)8-13)35(31,32)16(14-9-25-11-26-14)3-4-27-5-6-28(17(29)10-27)33-19(30)20(22,23)24/h1-2,7-9,11,16H,3-6,10H2,(H,25,26). The average molecular weight is 551 g/mol. The molecule has 1 aliphatic rings. The van der Waals surface area contributed by atoms with Crippen molar-refractivity contribution in [3.05, 3.63) is 47.5 Å². The Labute approximate surface area is 206 Å². The fourth-order valence-corrected chi connectivity index (χ4v) is 7.23. The van der Waals surface area contributed by atoms with Crippen molar-refractivity contribution < 1.29 is 36.0 Å². The number of carbonyl (C=O) groups is 2. The van der Waals surface area contributed by atoms with Gasteiger partial charge in [0, 0.05) is 29.0 Å². The molecule has 1 fully saturated rings. The van der Waals surface area contributed by atoms with Crippen molar-refractivity contribution in [3.8, 4) is 0 Å². The molecule has 3 aromatic rings. The number of imidazole rings is 1. The summed E-state index contributed by atoms with van der Waals surface area (Å²) in [5.41, 5.74) is 0.365. The fraction of sp³-hybridized carbons (Fsp3) is 0.350. The molecule has 15 heteroatoms. The Morgan fingerprint density at radius 2 is 2.06 bits per heavy atom. The molecule has 1 N–H and O–H groups in total. The first-order valence-electron chi connectivity index (χ1n) is 10.2. The molecule has 188 valence electrons. The molecule has 1 unspecified atom stereocenters. The first-order chi connectivity index (χ1) is 16.4. The van der Waals surface area contributed by atoms with E-state index < -0.39 is 33.1 Å². The third-order valence-electron chi connectivity index (χ3n) is 5.37. The molecule has 0 aliphatic carbocycles. The molecular formula is C20H18ClF3N4O5S2. The van der Waals surface area contributed by atoms with Gasteiger partial charge in [-0.05, 0) is 30.0 Å². The maximum Gasteiger partial charge on any atom is 0.493 e. The number of amides is 1. The molecule has 0 spiro atoms. The maximum absolute atomic E-state index is 13.6. The van der Waals surface area contributed by atoms with Gasteiger partial charge < -0.3 is 9.82 Å². The Kier molecular flexibility index (Phi) is 7.09. The van der Waals surface area contributed by atoms with Crippen LogP contribution in [-0.4, -0.2) is 72.6 Å². The zero-order valence-corrected chi connectivity index (χ0v) is 20.2. The summed E-state index contributed by atoms with van der Waals surface area (Å²) in [6.45, 7) is -0.373. The zero-order valence-electron chi connectivity index (χ0n) is 17.8. The summed E-state index contributed by atoms with van der Waals surface area (Å²) in [5.74, 6) is -3.31. The quantitative estimate of drug-likeness (QED) is 0.480. The van der Waals surface area contributed by atoms with E-state index in [9.17, 15) is 31.2 Å². The van der Waals surface area contributed by atoms with Crippen LogP contribution in [0.3, 0.4) is 0 Å². The number of thiophene rings is 1. The molecule has 9 nitrogen and oxygen atoms in total. The number of piperazine rings is 1. The number of hydroxylamine groups is 2. The summed E-state index contributed by atoms with van der Waals surface area (Å²) in [4.78, 5) is 35.6. The van der Waals surface area contributed by atoms with E-state index in [0.717, 1.165) is 21.4 Å². The summed E-state index contributed by atoms with van der Waals surface area (Å²) in [5, 5.41) is 0.580. The Morgan fingerprint density at radius 1 is 1.29 bits per heavy atom. The van der Waals surface area contributed by atoms with Crippen LogP contribution in [-0.2, 0) is 24.3 Å². The molecule has 0 radical (unpaired) electrons. The number of benzene rings is 1. The SMILES string of the molecule is O=C1CN(CCC(c2cnc[nH]2)S(=O)(=O)c2cc3ccc(Cl)cc3s2)CCN1OC(=O)C(F)(F)F. The number of fused-ring (bicyclic) bond motifs is 1. The Hall–Kier alpha value is -2.68. The van der Waals surface area contributed by atoms with Gasteiger partial charge >= 0.3 is 12.1 Å². The third kappa shape index (κ3) is 5.60. The number of hydrogen-bond acceptors (Lipinski definition) is 8. The second kappa shape index (κ2) is 9.76. The molecular weight excluding hydrogens is 533 g/mol. The van der Waals surface area contributed by atoms with Crippen molar-refractivity contribution in [2.75, 3.05) is 26.2 Å². The van der Waals surface area contributed by atoms with Gasteiger partial charge in [-0.3, -0.25) is 9.69 Å². The van der Waals surface area contributed by atoms with Crippen molar-refractivity contribution in [1.82, 2.24) is 19.9 Å². The molecule has 1 aromatic carbocycles. The number of nitrogens with one attached hydrogen (secondary N) is 1. The lowest BCUT2D eigenvalue weighted by atomic mass is 10.2. The fourth-order valence-electron chi connectivity index (χ4n) is 3.63.